The summed E-state index contributed by atoms with van der Waals surface area (Å²) in [7, 11) is 0. The standard InChI is InChI=1S/C14H19N3O2S/c1-14(2,3)17-12(18)8-16-13(19)10-7-11(20-9-10)5-4-6-15/h7,9H,6,8,15H2,1-3H3,(H,16,19)(H,17,18). The number of hydrogen-bond acceptors (Lipinski definition) is 4. The molecular weight excluding hydrogens is 274 g/mol. The van der Waals surface area contributed by atoms with Crippen LogP contribution >= 0.6 is 11.3 Å². The normalized spacial score (nSPS) is 10.4. The van der Waals surface area contributed by atoms with Gasteiger partial charge in [-0.05, 0) is 26.8 Å². The first-order valence-corrected chi connectivity index (χ1v) is 7.06. The Morgan fingerprint density at radius 1 is 1.40 bits per heavy atom. The highest BCUT2D eigenvalue weighted by atomic mass is 32.1. The monoisotopic (exact) mass is 293 g/mol. The van der Waals surface area contributed by atoms with Crippen LogP contribution in [-0.4, -0.2) is 30.4 Å². The summed E-state index contributed by atoms with van der Waals surface area (Å²) in [6, 6.07) is 1.68. The second-order valence-electron chi connectivity index (χ2n) is 5.19. The van der Waals surface area contributed by atoms with Gasteiger partial charge in [-0.25, -0.2) is 0 Å². The first-order valence-electron chi connectivity index (χ1n) is 6.18. The average molecular weight is 293 g/mol. The van der Waals surface area contributed by atoms with E-state index in [9.17, 15) is 9.59 Å². The van der Waals surface area contributed by atoms with Gasteiger partial charge in [0, 0.05) is 10.9 Å². The van der Waals surface area contributed by atoms with Gasteiger partial charge < -0.3 is 16.4 Å². The highest BCUT2D eigenvalue weighted by Crippen LogP contribution is 2.13. The van der Waals surface area contributed by atoms with Crippen molar-refractivity contribution in [1.82, 2.24) is 10.6 Å². The van der Waals surface area contributed by atoms with Crippen LogP contribution in [0, 0.1) is 11.8 Å². The van der Waals surface area contributed by atoms with Crippen LogP contribution < -0.4 is 16.4 Å². The van der Waals surface area contributed by atoms with Gasteiger partial charge in [-0.1, -0.05) is 11.8 Å². The fourth-order valence-corrected chi connectivity index (χ4v) is 2.14. The van der Waals surface area contributed by atoms with Crippen molar-refractivity contribution in [2.24, 2.45) is 5.73 Å². The number of nitrogens with two attached hydrogens (primary N) is 1. The Morgan fingerprint density at radius 3 is 2.70 bits per heavy atom. The molecule has 2 amide bonds. The number of carbonyl (C=O) groups is 2. The molecule has 5 nitrogen and oxygen atoms in total. The topological polar surface area (TPSA) is 84.2 Å². The SMILES string of the molecule is CC(C)(C)NC(=O)CNC(=O)c1csc(C#CCN)c1. The van der Waals surface area contributed by atoms with Crippen molar-refractivity contribution in [3.63, 3.8) is 0 Å². The number of nitrogens with one attached hydrogen (secondary N) is 2. The van der Waals surface area contributed by atoms with E-state index in [4.69, 9.17) is 5.73 Å². The van der Waals surface area contributed by atoms with Crippen molar-refractivity contribution in [2.75, 3.05) is 13.1 Å². The van der Waals surface area contributed by atoms with Crippen LogP contribution in [-0.2, 0) is 4.79 Å². The largest absolute Gasteiger partial charge is 0.350 e. The van der Waals surface area contributed by atoms with Crippen molar-refractivity contribution in [2.45, 2.75) is 26.3 Å². The van der Waals surface area contributed by atoms with Gasteiger partial charge in [0.1, 0.15) is 0 Å². The minimum atomic E-state index is -0.310. The third-order valence-corrected chi connectivity index (χ3v) is 2.94. The number of hydrogen-bond donors (Lipinski definition) is 3. The second kappa shape index (κ2) is 7.08. The molecule has 1 heterocycles. The van der Waals surface area contributed by atoms with Crippen LogP contribution in [0.1, 0.15) is 36.0 Å². The summed E-state index contributed by atoms with van der Waals surface area (Å²) < 4.78 is 0. The fraction of sp³-hybridized carbons (Fsp3) is 0.429. The third-order valence-electron chi connectivity index (χ3n) is 2.10. The van der Waals surface area contributed by atoms with E-state index >= 15 is 0 Å². The van der Waals surface area contributed by atoms with Crippen LogP contribution in [0.25, 0.3) is 0 Å². The maximum absolute atomic E-state index is 11.8. The molecule has 0 fully saturated rings. The molecule has 1 aromatic heterocycles. The summed E-state index contributed by atoms with van der Waals surface area (Å²) in [5.41, 5.74) is 5.47. The van der Waals surface area contributed by atoms with Gasteiger partial charge in [0.15, 0.2) is 0 Å². The molecule has 1 aromatic rings. The molecular formula is C14H19N3O2S. The van der Waals surface area contributed by atoms with Gasteiger partial charge >= 0.3 is 0 Å². The number of rotatable bonds is 3. The molecule has 0 aliphatic rings. The molecule has 0 unspecified atom stereocenters. The van der Waals surface area contributed by atoms with E-state index in [0.717, 1.165) is 4.88 Å². The van der Waals surface area contributed by atoms with E-state index in [-0.39, 0.29) is 30.4 Å². The van der Waals surface area contributed by atoms with Gasteiger partial charge in [-0.15, -0.1) is 11.3 Å². The highest BCUT2D eigenvalue weighted by molar-refractivity contribution is 7.10. The lowest BCUT2D eigenvalue weighted by Gasteiger charge is -2.20. The molecule has 0 atom stereocenters. The van der Waals surface area contributed by atoms with Gasteiger partial charge in [0.05, 0.1) is 23.5 Å². The number of thiophene rings is 1. The summed E-state index contributed by atoms with van der Waals surface area (Å²) in [5, 5.41) is 7.05. The zero-order chi connectivity index (χ0) is 15.2. The van der Waals surface area contributed by atoms with Gasteiger partial charge in [0.2, 0.25) is 5.91 Å². The van der Waals surface area contributed by atoms with Crippen LogP contribution in [0.15, 0.2) is 11.4 Å². The lowest BCUT2D eigenvalue weighted by molar-refractivity contribution is -0.121. The minimum absolute atomic E-state index is 0.0459. The molecule has 0 spiro atoms. The number of carbonyl (C=O) groups excluding carboxylic acids is 2. The fourth-order valence-electron chi connectivity index (χ4n) is 1.38. The molecule has 108 valence electrons. The Morgan fingerprint density at radius 2 is 2.10 bits per heavy atom. The molecule has 0 bridgehead atoms. The second-order valence-corrected chi connectivity index (χ2v) is 6.10. The molecule has 4 N–H and O–H groups in total. The Bertz CT molecular complexity index is 547. The zero-order valence-corrected chi connectivity index (χ0v) is 12.7. The quantitative estimate of drug-likeness (QED) is 0.717. The Balaban J connectivity index is 2.51. The van der Waals surface area contributed by atoms with Crippen molar-refractivity contribution in [3.05, 3.63) is 21.9 Å². The smallest absolute Gasteiger partial charge is 0.252 e. The zero-order valence-electron chi connectivity index (χ0n) is 11.9. The molecule has 0 aliphatic heterocycles. The molecule has 0 radical (unpaired) electrons. The van der Waals surface area contributed by atoms with E-state index in [1.807, 2.05) is 20.8 Å². The van der Waals surface area contributed by atoms with Gasteiger partial charge in [-0.2, -0.15) is 0 Å². The van der Waals surface area contributed by atoms with Gasteiger partial charge in [0.25, 0.3) is 5.91 Å². The van der Waals surface area contributed by atoms with Crippen LogP contribution in [0.2, 0.25) is 0 Å². The van der Waals surface area contributed by atoms with E-state index in [2.05, 4.69) is 22.5 Å². The number of amides is 2. The maximum atomic E-state index is 11.8. The summed E-state index contributed by atoms with van der Waals surface area (Å²) in [5.74, 6) is 5.08. The summed E-state index contributed by atoms with van der Waals surface area (Å²) >= 11 is 1.37. The Hall–Kier alpha value is -1.84. The van der Waals surface area contributed by atoms with Crippen molar-refractivity contribution in [3.8, 4) is 11.8 Å². The molecule has 0 saturated carbocycles. The minimum Gasteiger partial charge on any atom is -0.350 e. The predicted molar refractivity (Wildman–Crippen MR) is 80.5 cm³/mol. The van der Waals surface area contributed by atoms with Crippen molar-refractivity contribution >= 4 is 23.2 Å². The third kappa shape index (κ3) is 5.87. The maximum Gasteiger partial charge on any atom is 0.252 e. The molecule has 20 heavy (non-hydrogen) atoms. The highest BCUT2D eigenvalue weighted by Gasteiger charge is 2.15. The Kier molecular flexibility index (Phi) is 5.74. The molecule has 1 rings (SSSR count). The average Bonchev–Trinajstić information content (AvgIpc) is 2.80. The summed E-state index contributed by atoms with van der Waals surface area (Å²) in [6.45, 7) is 5.89. The Labute approximate surface area is 122 Å². The first-order chi connectivity index (χ1) is 9.31. The molecule has 0 saturated heterocycles. The van der Waals surface area contributed by atoms with E-state index in [0.29, 0.717) is 5.56 Å². The molecule has 0 aliphatic carbocycles. The summed E-state index contributed by atoms with van der Waals surface area (Å²) in [4.78, 5) is 24.2. The lowest BCUT2D eigenvalue weighted by atomic mass is 10.1. The van der Waals surface area contributed by atoms with Crippen LogP contribution in [0.4, 0.5) is 0 Å². The predicted octanol–water partition coefficient (Wildman–Crippen LogP) is 0.703. The molecule has 0 aromatic carbocycles. The van der Waals surface area contributed by atoms with Gasteiger partial charge in [-0.3, -0.25) is 9.59 Å². The van der Waals surface area contributed by atoms with E-state index < -0.39 is 0 Å². The van der Waals surface area contributed by atoms with Crippen molar-refractivity contribution < 1.29 is 9.59 Å². The van der Waals surface area contributed by atoms with Crippen LogP contribution in [0.5, 0.6) is 0 Å². The summed E-state index contributed by atoms with van der Waals surface area (Å²) in [6.07, 6.45) is 0. The lowest BCUT2D eigenvalue weighted by Crippen LogP contribution is -2.45. The van der Waals surface area contributed by atoms with Crippen molar-refractivity contribution in [1.29, 1.82) is 0 Å². The van der Waals surface area contributed by atoms with E-state index in [1.54, 1.807) is 11.4 Å². The van der Waals surface area contributed by atoms with Crippen LogP contribution in [0.3, 0.4) is 0 Å². The van der Waals surface area contributed by atoms with E-state index in [1.165, 1.54) is 11.3 Å². The first kappa shape index (κ1) is 16.2. The molecule has 6 heteroatoms.